The van der Waals surface area contributed by atoms with Crippen molar-refractivity contribution >= 4 is 21.6 Å². The van der Waals surface area contributed by atoms with E-state index in [1.165, 1.54) is 18.2 Å². The largest absolute Gasteiger partial charge is 0.433 e. The van der Waals surface area contributed by atoms with Crippen molar-refractivity contribution in [3.8, 4) is 0 Å². The lowest BCUT2D eigenvalue weighted by Crippen LogP contribution is -2.28. The molecule has 0 saturated heterocycles. The van der Waals surface area contributed by atoms with Gasteiger partial charge in [-0.25, -0.2) is 17.8 Å². The normalized spacial score (nSPS) is 12.9. The molecule has 0 aliphatic carbocycles. The number of aryl methyl sites for hydroxylation is 1. The van der Waals surface area contributed by atoms with Crippen LogP contribution in [0.15, 0.2) is 30.3 Å². The van der Waals surface area contributed by atoms with Crippen LogP contribution in [0.25, 0.3) is 0 Å². The van der Waals surface area contributed by atoms with Gasteiger partial charge in [0.05, 0.1) is 17.9 Å². The highest BCUT2D eigenvalue weighted by Gasteiger charge is 2.33. The molecule has 0 radical (unpaired) electrons. The molecule has 0 spiro atoms. The number of nitrogens with one attached hydrogen (secondary N) is 2. The van der Waals surface area contributed by atoms with Crippen LogP contribution in [0.3, 0.4) is 0 Å². The van der Waals surface area contributed by atoms with Crippen LogP contribution in [0.1, 0.15) is 61.5 Å². The van der Waals surface area contributed by atoms with Gasteiger partial charge in [0.15, 0.2) is 0 Å². The van der Waals surface area contributed by atoms with E-state index >= 15 is 0 Å². The maximum Gasteiger partial charge on any atom is 0.433 e. The maximum absolute atomic E-state index is 14.2. The lowest BCUT2D eigenvalue weighted by atomic mass is 9.99. The number of hydrogen-bond acceptors (Lipinski definition) is 4. The Bertz CT molecular complexity index is 1090. The monoisotopic (exact) mass is 489 g/mol. The van der Waals surface area contributed by atoms with Gasteiger partial charge in [-0.15, -0.1) is 0 Å². The van der Waals surface area contributed by atoms with Gasteiger partial charge in [0, 0.05) is 12.2 Å². The topological polar surface area (TPSA) is 88.2 Å². The number of nitrogens with zero attached hydrogens (tertiary/aromatic N) is 1. The van der Waals surface area contributed by atoms with Gasteiger partial charge in [0.2, 0.25) is 15.9 Å². The number of unbranched alkanes of at least 4 members (excludes halogenated alkanes) is 2. The summed E-state index contributed by atoms with van der Waals surface area (Å²) in [5.41, 5.74) is -0.123. The molecule has 1 aromatic heterocycles. The number of carbonyl (C=O) groups is 1. The van der Waals surface area contributed by atoms with Gasteiger partial charge in [0.25, 0.3) is 0 Å². The van der Waals surface area contributed by atoms with E-state index in [9.17, 15) is 30.8 Å². The lowest BCUT2D eigenvalue weighted by molar-refractivity contribution is -0.141. The second kappa shape index (κ2) is 11.0. The second-order valence-electron chi connectivity index (χ2n) is 7.81. The average molecular weight is 490 g/mol. The zero-order valence-electron chi connectivity index (χ0n) is 18.6. The van der Waals surface area contributed by atoms with Crippen molar-refractivity contribution in [1.29, 1.82) is 0 Å². The lowest BCUT2D eigenvalue weighted by Gasteiger charge is -2.16. The zero-order valence-corrected chi connectivity index (χ0v) is 19.4. The van der Waals surface area contributed by atoms with Crippen LogP contribution in [-0.4, -0.2) is 25.6 Å². The van der Waals surface area contributed by atoms with Crippen LogP contribution >= 0.6 is 0 Å². The molecule has 1 amide bonds. The molecule has 2 N–H and O–H groups in total. The Morgan fingerprint density at radius 2 is 1.85 bits per heavy atom. The third-order valence-corrected chi connectivity index (χ3v) is 5.60. The molecule has 0 bridgehead atoms. The van der Waals surface area contributed by atoms with Crippen LogP contribution in [0.5, 0.6) is 0 Å². The van der Waals surface area contributed by atoms with Gasteiger partial charge in [0.1, 0.15) is 11.5 Å². The first-order valence-corrected chi connectivity index (χ1v) is 12.3. The van der Waals surface area contributed by atoms with E-state index in [1.807, 2.05) is 11.6 Å². The van der Waals surface area contributed by atoms with Crippen molar-refractivity contribution in [3.05, 3.63) is 58.7 Å². The quantitative estimate of drug-likeness (QED) is 0.372. The first-order valence-electron chi connectivity index (χ1n) is 10.4. The van der Waals surface area contributed by atoms with Crippen molar-refractivity contribution in [1.82, 2.24) is 10.3 Å². The molecule has 33 heavy (non-hydrogen) atoms. The fourth-order valence-corrected chi connectivity index (χ4v) is 3.74. The Morgan fingerprint density at radius 3 is 2.42 bits per heavy atom. The first-order chi connectivity index (χ1) is 15.3. The summed E-state index contributed by atoms with van der Waals surface area (Å²) >= 11 is 0. The summed E-state index contributed by atoms with van der Waals surface area (Å²) in [6, 6.07) is 5.91. The third-order valence-electron chi connectivity index (χ3n) is 5.01. The summed E-state index contributed by atoms with van der Waals surface area (Å²) < 4.78 is 78.0. The highest BCUT2D eigenvalue weighted by atomic mass is 32.2. The molecule has 0 aliphatic heterocycles. The van der Waals surface area contributed by atoms with E-state index in [4.69, 9.17) is 0 Å². The SMILES string of the molecule is CCCCCc1nc(C(F)(F)F)ccc1CNC(=O)[C@@H](C)c1ccc(NS(C)(=O)=O)c(F)c1. The Balaban J connectivity index is 2.13. The van der Waals surface area contributed by atoms with Gasteiger partial charge in [-0.2, -0.15) is 13.2 Å². The van der Waals surface area contributed by atoms with Crippen LogP contribution in [-0.2, 0) is 34.0 Å². The van der Waals surface area contributed by atoms with Gasteiger partial charge >= 0.3 is 6.18 Å². The minimum absolute atomic E-state index is 0.0219. The summed E-state index contributed by atoms with van der Waals surface area (Å²) in [4.78, 5) is 16.4. The van der Waals surface area contributed by atoms with Crippen molar-refractivity contribution in [3.63, 3.8) is 0 Å². The van der Waals surface area contributed by atoms with E-state index in [2.05, 4.69) is 10.3 Å². The van der Waals surface area contributed by atoms with Gasteiger partial charge < -0.3 is 5.32 Å². The molecule has 0 aliphatic rings. The minimum Gasteiger partial charge on any atom is -0.351 e. The van der Waals surface area contributed by atoms with Crippen molar-refractivity contribution in [2.75, 3.05) is 11.0 Å². The summed E-state index contributed by atoms with van der Waals surface area (Å²) in [6.45, 7) is 3.50. The minimum atomic E-state index is -4.56. The number of rotatable bonds is 10. The summed E-state index contributed by atoms with van der Waals surface area (Å²) in [6.07, 6.45) is -0.886. The molecule has 1 atom stereocenters. The van der Waals surface area contributed by atoms with Crippen LogP contribution in [0.4, 0.5) is 23.2 Å². The standard InChI is InChI=1S/C22H27F4N3O3S/c1-4-5-6-7-18-16(9-11-20(28-18)22(24,25)26)13-27-21(30)14(2)15-8-10-19(17(23)12-15)29-33(3,31)32/h8-12,14,29H,4-7,13H2,1-3H3,(H,27,30)/t14-/m0/s1. The number of alkyl halides is 3. The van der Waals surface area contributed by atoms with Gasteiger partial charge in [-0.05, 0) is 49.1 Å². The molecule has 2 rings (SSSR count). The third kappa shape index (κ3) is 7.99. The van der Waals surface area contributed by atoms with Crippen LogP contribution in [0.2, 0.25) is 0 Å². The smallest absolute Gasteiger partial charge is 0.351 e. The van der Waals surface area contributed by atoms with Crippen LogP contribution < -0.4 is 10.0 Å². The fourth-order valence-electron chi connectivity index (χ4n) is 3.18. The molecule has 1 heterocycles. The van der Waals surface area contributed by atoms with E-state index < -0.39 is 39.5 Å². The second-order valence-corrected chi connectivity index (χ2v) is 9.56. The molecular formula is C22H27F4N3O3S. The number of hydrogen-bond donors (Lipinski definition) is 2. The number of anilines is 1. The fraction of sp³-hybridized carbons (Fsp3) is 0.455. The number of halogens is 4. The predicted octanol–water partition coefficient (Wildman–Crippen LogP) is 4.76. The van der Waals surface area contributed by atoms with Crippen molar-refractivity contribution < 1.29 is 30.8 Å². The Hall–Kier alpha value is -2.69. The number of amides is 1. The molecule has 0 fully saturated rings. The molecule has 1 aromatic carbocycles. The Labute approximate surface area is 190 Å². The zero-order chi connectivity index (χ0) is 24.8. The van der Waals surface area contributed by atoms with E-state index in [-0.39, 0.29) is 17.9 Å². The number of benzene rings is 1. The Morgan fingerprint density at radius 1 is 1.15 bits per heavy atom. The molecule has 6 nitrogen and oxygen atoms in total. The average Bonchev–Trinajstić information content (AvgIpc) is 2.72. The highest BCUT2D eigenvalue weighted by Crippen LogP contribution is 2.29. The van der Waals surface area contributed by atoms with Gasteiger partial charge in [-0.3, -0.25) is 9.52 Å². The number of aromatic nitrogens is 1. The van der Waals surface area contributed by atoms with Crippen LogP contribution in [0, 0.1) is 5.82 Å². The van der Waals surface area contributed by atoms with E-state index in [0.29, 0.717) is 24.0 Å². The number of carbonyl (C=O) groups excluding carboxylic acids is 1. The molecule has 0 unspecified atom stereocenters. The molecule has 0 saturated carbocycles. The van der Waals surface area contributed by atoms with E-state index in [0.717, 1.165) is 31.2 Å². The first kappa shape index (κ1) is 26.6. The summed E-state index contributed by atoms with van der Waals surface area (Å²) in [5.74, 6) is -2.07. The predicted molar refractivity (Wildman–Crippen MR) is 118 cm³/mol. The van der Waals surface area contributed by atoms with E-state index in [1.54, 1.807) is 6.92 Å². The highest BCUT2D eigenvalue weighted by molar-refractivity contribution is 7.92. The molecular weight excluding hydrogens is 462 g/mol. The summed E-state index contributed by atoms with van der Waals surface area (Å²) in [5, 5.41) is 2.66. The van der Waals surface area contributed by atoms with Gasteiger partial charge in [-0.1, -0.05) is 31.9 Å². The Kier molecular flexibility index (Phi) is 8.82. The molecule has 11 heteroatoms. The molecule has 182 valence electrons. The van der Waals surface area contributed by atoms with Crippen molar-refractivity contribution in [2.24, 2.45) is 0 Å². The van der Waals surface area contributed by atoms with Crippen molar-refractivity contribution in [2.45, 2.75) is 58.2 Å². The number of sulfonamides is 1. The maximum atomic E-state index is 14.2. The molecule has 2 aromatic rings. The summed E-state index contributed by atoms with van der Waals surface area (Å²) in [7, 11) is -3.66. The number of pyridine rings is 1.